The quantitative estimate of drug-likeness (QED) is 0.201. The number of fused-ring (bicyclic) bond motifs is 4. The van der Waals surface area contributed by atoms with Crippen LogP contribution >= 0.6 is 11.6 Å². The van der Waals surface area contributed by atoms with Crippen LogP contribution < -0.4 is 10.9 Å². The first-order valence-electron chi connectivity index (χ1n) is 16.7. The zero-order valence-electron chi connectivity index (χ0n) is 27.3. The van der Waals surface area contributed by atoms with Crippen LogP contribution in [0.1, 0.15) is 43.4 Å². The van der Waals surface area contributed by atoms with Crippen LogP contribution in [0, 0.1) is 5.92 Å². The fourth-order valence-corrected chi connectivity index (χ4v) is 7.87. The van der Waals surface area contributed by atoms with Crippen molar-refractivity contribution in [3.05, 3.63) is 123 Å². The van der Waals surface area contributed by atoms with E-state index in [1.807, 2.05) is 12.1 Å². The molecule has 0 bridgehead atoms. The number of para-hydroxylation sites is 1. The van der Waals surface area contributed by atoms with Gasteiger partial charge in [-0.1, -0.05) is 74.0 Å². The number of rotatable bonds is 7. The molecule has 3 aromatic heterocycles. The fourth-order valence-electron chi connectivity index (χ4n) is 7.65. The molecular formula is C38H39ClN8O. The number of hydrogen-bond donors (Lipinski definition) is 1. The zero-order chi connectivity index (χ0) is 32.8. The smallest absolute Gasteiger partial charge is 0.270 e. The van der Waals surface area contributed by atoms with Gasteiger partial charge in [-0.3, -0.25) is 19.0 Å². The minimum absolute atomic E-state index is 0.0498. The van der Waals surface area contributed by atoms with Crippen molar-refractivity contribution in [2.75, 3.05) is 31.5 Å². The molecule has 0 atom stereocenters. The number of hydrogen-bond acceptors (Lipinski definition) is 7. The number of piperidine rings is 1. The SMILES string of the molecule is CC1(C)CN(CC2CCN(Cc3ccccc3)CC2)Cc2cc(Nc3ncc4c(=O)n(-c5ccccc5Cl)c5nccn5c4n3)ccc21. The van der Waals surface area contributed by atoms with Gasteiger partial charge in [0.1, 0.15) is 5.39 Å². The third-order valence-electron chi connectivity index (χ3n) is 9.92. The molecule has 6 aromatic rings. The summed E-state index contributed by atoms with van der Waals surface area (Å²) >= 11 is 6.48. The summed E-state index contributed by atoms with van der Waals surface area (Å²) in [6.45, 7) is 11.2. The molecule has 48 heavy (non-hydrogen) atoms. The summed E-state index contributed by atoms with van der Waals surface area (Å²) in [5.74, 6) is 1.56. The van der Waals surface area contributed by atoms with E-state index in [0.717, 1.165) is 45.0 Å². The average Bonchev–Trinajstić information content (AvgIpc) is 3.57. The van der Waals surface area contributed by atoms with E-state index >= 15 is 0 Å². The molecule has 0 amide bonds. The van der Waals surface area contributed by atoms with Crippen LogP contribution in [0.2, 0.25) is 5.02 Å². The number of anilines is 2. The Labute approximate surface area is 284 Å². The van der Waals surface area contributed by atoms with Gasteiger partial charge >= 0.3 is 0 Å². The van der Waals surface area contributed by atoms with Gasteiger partial charge in [0.2, 0.25) is 11.7 Å². The van der Waals surface area contributed by atoms with Crippen molar-refractivity contribution >= 4 is 40.0 Å². The molecular weight excluding hydrogens is 620 g/mol. The highest BCUT2D eigenvalue weighted by molar-refractivity contribution is 6.32. The molecule has 0 radical (unpaired) electrons. The summed E-state index contributed by atoms with van der Waals surface area (Å²) in [4.78, 5) is 32.8. The Morgan fingerprint density at radius 1 is 0.958 bits per heavy atom. The maximum Gasteiger partial charge on any atom is 0.270 e. The molecule has 0 unspecified atom stereocenters. The number of aromatic nitrogens is 5. The molecule has 1 saturated heterocycles. The van der Waals surface area contributed by atoms with E-state index < -0.39 is 0 Å². The van der Waals surface area contributed by atoms with Gasteiger partial charge in [0, 0.05) is 55.9 Å². The molecule has 0 aliphatic carbocycles. The minimum atomic E-state index is -0.277. The first-order valence-corrected chi connectivity index (χ1v) is 17.1. The number of likely N-dealkylation sites (tertiary alicyclic amines) is 1. The van der Waals surface area contributed by atoms with Crippen LogP contribution in [-0.4, -0.2) is 59.9 Å². The second kappa shape index (κ2) is 12.5. The van der Waals surface area contributed by atoms with Crippen LogP contribution in [0.25, 0.3) is 22.5 Å². The van der Waals surface area contributed by atoms with Crippen LogP contribution in [0.15, 0.2) is 96.2 Å². The maximum atomic E-state index is 13.7. The molecule has 3 aromatic carbocycles. The molecule has 10 heteroatoms. The van der Waals surface area contributed by atoms with Crippen LogP contribution in [0.3, 0.4) is 0 Å². The Morgan fingerprint density at radius 3 is 2.56 bits per heavy atom. The van der Waals surface area contributed by atoms with Gasteiger partial charge in [0.25, 0.3) is 5.56 Å². The highest BCUT2D eigenvalue weighted by atomic mass is 35.5. The molecule has 9 nitrogen and oxygen atoms in total. The molecule has 8 rings (SSSR count). The van der Waals surface area contributed by atoms with E-state index in [4.69, 9.17) is 16.6 Å². The Bertz CT molecular complexity index is 2170. The summed E-state index contributed by atoms with van der Waals surface area (Å²) in [6, 6.07) is 24.6. The number of nitrogens with zero attached hydrogens (tertiary/aromatic N) is 7. The third-order valence-corrected chi connectivity index (χ3v) is 10.2. The molecule has 244 valence electrons. The lowest BCUT2D eigenvalue weighted by molar-refractivity contribution is 0.116. The van der Waals surface area contributed by atoms with Gasteiger partial charge in [0.15, 0.2) is 5.65 Å². The van der Waals surface area contributed by atoms with E-state index in [9.17, 15) is 4.79 Å². The molecule has 1 fully saturated rings. The van der Waals surface area contributed by atoms with Gasteiger partial charge in [-0.15, -0.1) is 0 Å². The van der Waals surface area contributed by atoms with Crippen molar-refractivity contribution < 1.29 is 0 Å². The van der Waals surface area contributed by atoms with Crippen molar-refractivity contribution in [3.8, 4) is 5.69 Å². The Kier molecular flexibility index (Phi) is 7.99. The van der Waals surface area contributed by atoms with Crippen molar-refractivity contribution in [1.82, 2.24) is 33.7 Å². The van der Waals surface area contributed by atoms with E-state index in [1.54, 1.807) is 35.1 Å². The van der Waals surface area contributed by atoms with Gasteiger partial charge in [-0.05, 0) is 72.8 Å². The molecule has 0 saturated carbocycles. The predicted octanol–water partition coefficient (Wildman–Crippen LogP) is 6.83. The lowest BCUT2D eigenvalue weighted by atomic mass is 9.77. The highest BCUT2D eigenvalue weighted by Gasteiger charge is 2.33. The number of benzene rings is 3. The third kappa shape index (κ3) is 5.87. The van der Waals surface area contributed by atoms with E-state index in [-0.39, 0.29) is 11.0 Å². The van der Waals surface area contributed by atoms with Gasteiger partial charge in [-0.2, -0.15) is 4.98 Å². The molecule has 5 heterocycles. The Balaban J connectivity index is 1.00. The molecule has 1 N–H and O–H groups in total. The summed E-state index contributed by atoms with van der Waals surface area (Å²) in [5.41, 5.74) is 5.86. The lowest BCUT2D eigenvalue weighted by Gasteiger charge is -2.42. The first kappa shape index (κ1) is 30.7. The van der Waals surface area contributed by atoms with Crippen molar-refractivity contribution in [3.63, 3.8) is 0 Å². The summed E-state index contributed by atoms with van der Waals surface area (Å²) in [7, 11) is 0. The monoisotopic (exact) mass is 658 g/mol. The Hall–Kier alpha value is -4.57. The van der Waals surface area contributed by atoms with Gasteiger partial charge in [-0.25, -0.2) is 14.5 Å². The van der Waals surface area contributed by atoms with Crippen molar-refractivity contribution in [1.29, 1.82) is 0 Å². The second-order valence-electron chi connectivity index (χ2n) is 13.9. The second-order valence-corrected chi connectivity index (χ2v) is 14.3. The van der Waals surface area contributed by atoms with Crippen LogP contribution in [0.5, 0.6) is 0 Å². The molecule has 0 spiro atoms. The van der Waals surface area contributed by atoms with E-state index in [1.165, 1.54) is 34.1 Å². The van der Waals surface area contributed by atoms with Crippen molar-refractivity contribution in [2.45, 2.75) is 45.2 Å². The van der Waals surface area contributed by atoms with Crippen LogP contribution in [-0.2, 0) is 18.5 Å². The Morgan fingerprint density at radius 2 is 1.75 bits per heavy atom. The highest BCUT2D eigenvalue weighted by Crippen LogP contribution is 2.36. The summed E-state index contributed by atoms with van der Waals surface area (Å²) < 4.78 is 3.30. The van der Waals surface area contributed by atoms with E-state index in [2.05, 4.69) is 87.5 Å². The largest absolute Gasteiger partial charge is 0.324 e. The lowest BCUT2D eigenvalue weighted by Crippen LogP contribution is -2.45. The standard InChI is InChI=1S/C38H39ClN8O/c1-38(2)25-45(23-27-14-17-44(18-15-27)22-26-8-4-3-5-9-26)24-28-20-29(12-13-31(28)38)42-36-41-21-30-34(43-36)46-19-16-40-37(46)47(35(30)48)33-11-7-6-10-32(33)39/h3-13,16,19-21,27H,14-15,17-18,22-25H2,1-2H3,(H,41,42,43). The van der Waals surface area contributed by atoms with E-state index in [0.29, 0.717) is 39.4 Å². The number of imidazole rings is 1. The normalized spacial score (nSPS) is 17.1. The topological polar surface area (TPSA) is 83.6 Å². The van der Waals surface area contributed by atoms with Crippen molar-refractivity contribution in [2.24, 2.45) is 5.92 Å². The summed E-state index contributed by atoms with van der Waals surface area (Å²) in [6.07, 6.45) is 7.51. The average molecular weight is 659 g/mol. The fraction of sp³-hybridized carbons (Fsp3) is 0.316. The zero-order valence-corrected chi connectivity index (χ0v) is 28.1. The van der Waals surface area contributed by atoms with Gasteiger partial charge < -0.3 is 5.32 Å². The molecule has 2 aliphatic rings. The first-order chi connectivity index (χ1) is 23.3. The summed E-state index contributed by atoms with van der Waals surface area (Å²) in [5, 5.41) is 4.25. The molecule has 2 aliphatic heterocycles. The van der Waals surface area contributed by atoms with Gasteiger partial charge in [0.05, 0.1) is 10.7 Å². The number of halogens is 1. The van der Waals surface area contributed by atoms with Crippen LogP contribution in [0.4, 0.5) is 11.6 Å². The minimum Gasteiger partial charge on any atom is -0.324 e. The predicted molar refractivity (Wildman–Crippen MR) is 191 cm³/mol. The number of nitrogens with one attached hydrogen (secondary N) is 1. The maximum absolute atomic E-state index is 13.7.